The van der Waals surface area contributed by atoms with Crippen LogP contribution in [0, 0.1) is 0 Å². The van der Waals surface area contributed by atoms with Crippen molar-refractivity contribution in [3.63, 3.8) is 0 Å². The number of rotatable bonds is 4. The summed E-state index contributed by atoms with van der Waals surface area (Å²) in [5.74, 6) is -0.631. The van der Waals surface area contributed by atoms with Crippen molar-refractivity contribution in [3.8, 4) is 0 Å². The SMILES string of the molecule is O=C(C[C@@H]1Sc2ccccc2NC1=O)Nc1ccc(SC(F)(F)F)cc1. The number of carbonyl (C=O) groups excluding carboxylic acids is 2. The van der Waals surface area contributed by atoms with E-state index in [2.05, 4.69) is 10.6 Å². The Bertz CT molecular complexity index is 826. The molecular weight excluding hydrogens is 385 g/mol. The summed E-state index contributed by atoms with van der Waals surface area (Å²) >= 11 is 1.09. The Hall–Kier alpha value is -2.13. The second-order valence-electron chi connectivity index (χ2n) is 5.42. The first kappa shape index (κ1) is 18.7. The Kier molecular flexibility index (Phi) is 5.47. The van der Waals surface area contributed by atoms with E-state index in [1.165, 1.54) is 36.0 Å². The first-order valence-corrected chi connectivity index (χ1v) is 9.22. The quantitative estimate of drug-likeness (QED) is 0.731. The lowest BCUT2D eigenvalue weighted by atomic mass is 10.2. The van der Waals surface area contributed by atoms with Crippen LogP contribution in [-0.4, -0.2) is 22.6 Å². The van der Waals surface area contributed by atoms with Crippen LogP contribution in [-0.2, 0) is 9.59 Å². The van der Waals surface area contributed by atoms with Gasteiger partial charge in [-0.3, -0.25) is 9.59 Å². The maximum Gasteiger partial charge on any atom is 0.446 e. The van der Waals surface area contributed by atoms with Gasteiger partial charge in [-0.2, -0.15) is 13.2 Å². The number of halogens is 3. The van der Waals surface area contributed by atoms with Crippen LogP contribution in [0.5, 0.6) is 0 Å². The molecule has 0 unspecified atom stereocenters. The van der Waals surface area contributed by atoms with Gasteiger partial charge in [0.25, 0.3) is 0 Å². The van der Waals surface area contributed by atoms with Crippen LogP contribution in [0.15, 0.2) is 58.3 Å². The van der Waals surface area contributed by atoms with Crippen LogP contribution >= 0.6 is 23.5 Å². The summed E-state index contributed by atoms with van der Waals surface area (Å²) < 4.78 is 36.9. The van der Waals surface area contributed by atoms with Crippen molar-refractivity contribution in [2.45, 2.75) is 27.0 Å². The zero-order valence-corrected chi connectivity index (χ0v) is 14.8. The Morgan fingerprint density at radius 2 is 1.85 bits per heavy atom. The second kappa shape index (κ2) is 7.63. The first-order valence-electron chi connectivity index (χ1n) is 7.52. The van der Waals surface area contributed by atoms with Crippen molar-refractivity contribution in [3.05, 3.63) is 48.5 Å². The van der Waals surface area contributed by atoms with Crippen molar-refractivity contribution in [1.29, 1.82) is 0 Å². The fraction of sp³-hybridized carbons (Fsp3) is 0.176. The van der Waals surface area contributed by atoms with E-state index in [4.69, 9.17) is 0 Å². The monoisotopic (exact) mass is 398 g/mol. The maximum absolute atomic E-state index is 12.3. The van der Waals surface area contributed by atoms with E-state index in [1.54, 1.807) is 6.07 Å². The smallest absolute Gasteiger partial charge is 0.326 e. The van der Waals surface area contributed by atoms with Gasteiger partial charge in [0.1, 0.15) is 0 Å². The highest BCUT2D eigenvalue weighted by Gasteiger charge is 2.30. The number of nitrogens with one attached hydrogen (secondary N) is 2. The summed E-state index contributed by atoms with van der Waals surface area (Å²) in [5.41, 5.74) is -3.26. The highest BCUT2D eigenvalue weighted by Crippen LogP contribution is 2.38. The molecule has 3 rings (SSSR count). The largest absolute Gasteiger partial charge is 0.446 e. The minimum atomic E-state index is -4.35. The summed E-state index contributed by atoms with van der Waals surface area (Å²) in [6.45, 7) is 0. The van der Waals surface area contributed by atoms with Gasteiger partial charge in [0.2, 0.25) is 11.8 Å². The molecule has 2 aromatic carbocycles. The predicted octanol–water partition coefficient (Wildman–Crippen LogP) is 4.74. The van der Waals surface area contributed by atoms with Crippen molar-refractivity contribution in [2.75, 3.05) is 10.6 Å². The zero-order valence-electron chi connectivity index (χ0n) is 13.2. The molecule has 0 radical (unpaired) electrons. The van der Waals surface area contributed by atoms with Crippen LogP contribution in [0.2, 0.25) is 0 Å². The lowest BCUT2D eigenvalue weighted by molar-refractivity contribution is -0.120. The van der Waals surface area contributed by atoms with E-state index in [0.29, 0.717) is 5.69 Å². The van der Waals surface area contributed by atoms with Gasteiger partial charge in [-0.15, -0.1) is 11.8 Å². The third-order valence-electron chi connectivity index (χ3n) is 3.45. The normalized spacial score (nSPS) is 16.6. The number of benzene rings is 2. The molecule has 9 heteroatoms. The van der Waals surface area contributed by atoms with Gasteiger partial charge in [-0.05, 0) is 48.2 Å². The Morgan fingerprint density at radius 3 is 2.54 bits per heavy atom. The minimum absolute atomic E-state index is 0.0364. The topological polar surface area (TPSA) is 58.2 Å². The number of hydrogen-bond donors (Lipinski definition) is 2. The number of anilines is 2. The molecule has 2 aromatic rings. The minimum Gasteiger partial charge on any atom is -0.326 e. The van der Waals surface area contributed by atoms with Gasteiger partial charge in [0.05, 0.1) is 10.9 Å². The fourth-order valence-electron chi connectivity index (χ4n) is 2.35. The first-order chi connectivity index (χ1) is 12.3. The molecule has 0 aromatic heterocycles. The molecule has 2 amide bonds. The lowest BCUT2D eigenvalue weighted by Crippen LogP contribution is -2.32. The molecule has 4 nitrogen and oxygen atoms in total. The molecule has 0 bridgehead atoms. The van der Waals surface area contributed by atoms with E-state index in [0.717, 1.165) is 10.6 Å². The summed E-state index contributed by atoms with van der Waals surface area (Å²) in [5, 5.41) is 4.80. The third kappa shape index (κ3) is 4.95. The summed E-state index contributed by atoms with van der Waals surface area (Å²) in [7, 11) is 0. The zero-order chi connectivity index (χ0) is 18.7. The number of hydrogen-bond acceptors (Lipinski definition) is 4. The summed E-state index contributed by atoms with van der Waals surface area (Å²) in [6.07, 6.45) is -0.0378. The molecule has 1 heterocycles. The van der Waals surface area contributed by atoms with Crippen molar-refractivity contribution < 1.29 is 22.8 Å². The molecule has 26 heavy (non-hydrogen) atoms. The number of thioether (sulfide) groups is 2. The van der Waals surface area contributed by atoms with Gasteiger partial charge in [-0.25, -0.2) is 0 Å². The van der Waals surface area contributed by atoms with Gasteiger partial charge >= 0.3 is 5.51 Å². The van der Waals surface area contributed by atoms with Gasteiger partial charge in [-0.1, -0.05) is 12.1 Å². The molecule has 1 aliphatic rings. The van der Waals surface area contributed by atoms with Crippen LogP contribution in [0.4, 0.5) is 24.5 Å². The van der Waals surface area contributed by atoms with Crippen molar-refractivity contribution in [2.24, 2.45) is 0 Å². The Labute approximate surface area is 155 Å². The van der Waals surface area contributed by atoms with Crippen LogP contribution < -0.4 is 10.6 Å². The molecule has 1 atom stereocenters. The van der Waals surface area contributed by atoms with Crippen LogP contribution in [0.25, 0.3) is 0 Å². The fourth-order valence-corrected chi connectivity index (χ4v) is 4.00. The molecule has 2 N–H and O–H groups in total. The molecule has 0 fully saturated rings. The van der Waals surface area contributed by atoms with Crippen LogP contribution in [0.3, 0.4) is 0 Å². The van der Waals surface area contributed by atoms with E-state index < -0.39 is 10.8 Å². The molecule has 0 saturated carbocycles. The average Bonchev–Trinajstić information content (AvgIpc) is 2.56. The molecule has 136 valence electrons. The van der Waals surface area contributed by atoms with Gasteiger partial charge in [0, 0.05) is 21.9 Å². The average molecular weight is 398 g/mol. The highest BCUT2D eigenvalue weighted by molar-refractivity contribution is 8.01. The van der Waals surface area contributed by atoms with Crippen LogP contribution in [0.1, 0.15) is 6.42 Å². The van der Waals surface area contributed by atoms with Gasteiger partial charge < -0.3 is 10.6 Å². The number of amides is 2. The number of para-hydroxylation sites is 1. The van der Waals surface area contributed by atoms with E-state index in [-0.39, 0.29) is 34.9 Å². The molecule has 0 aliphatic carbocycles. The van der Waals surface area contributed by atoms with Gasteiger partial charge in [0.15, 0.2) is 0 Å². The van der Waals surface area contributed by atoms with E-state index in [9.17, 15) is 22.8 Å². The maximum atomic E-state index is 12.3. The highest BCUT2D eigenvalue weighted by atomic mass is 32.2. The van der Waals surface area contributed by atoms with E-state index >= 15 is 0 Å². The lowest BCUT2D eigenvalue weighted by Gasteiger charge is -2.23. The Morgan fingerprint density at radius 1 is 1.15 bits per heavy atom. The van der Waals surface area contributed by atoms with E-state index in [1.807, 2.05) is 18.2 Å². The number of carbonyl (C=O) groups is 2. The molecule has 0 saturated heterocycles. The standard InChI is InChI=1S/C17H13F3N2O2S2/c18-17(19,20)26-11-7-5-10(6-8-11)21-15(23)9-14-16(24)22-12-3-1-2-4-13(12)25-14/h1-8,14H,9H2,(H,21,23)(H,22,24)/t14-/m0/s1. The molecule has 0 spiro atoms. The van der Waals surface area contributed by atoms with Crippen molar-refractivity contribution >= 4 is 46.7 Å². The van der Waals surface area contributed by atoms with Crippen molar-refractivity contribution in [1.82, 2.24) is 0 Å². The predicted molar refractivity (Wildman–Crippen MR) is 96.3 cm³/mol. The molecular formula is C17H13F3N2O2S2. The number of fused-ring (bicyclic) bond motifs is 1. The Balaban J connectivity index is 1.58. The second-order valence-corrected chi connectivity index (χ2v) is 7.80. The summed E-state index contributed by atoms with van der Waals surface area (Å²) in [4.78, 5) is 25.2. The third-order valence-corrected chi connectivity index (χ3v) is 5.46. The number of alkyl halides is 3. The summed E-state index contributed by atoms with van der Waals surface area (Å²) in [6, 6.07) is 12.7. The molecule has 1 aliphatic heterocycles.